The van der Waals surface area contributed by atoms with Crippen molar-refractivity contribution in [2.75, 3.05) is 20.2 Å². The second-order valence-corrected chi connectivity index (χ2v) is 8.44. The van der Waals surface area contributed by atoms with E-state index in [1.54, 1.807) is 0 Å². The number of amides is 1. The number of benzene rings is 1. The number of carbonyl (C=O) groups excluding carboxylic acids is 1. The molecule has 1 atom stereocenters. The van der Waals surface area contributed by atoms with Gasteiger partial charge in [-0.3, -0.25) is 4.79 Å². The molecule has 0 spiro atoms. The Morgan fingerprint density at radius 3 is 2.68 bits per heavy atom. The van der Waals surface area contributed by atoms with Gasteiger partial charge in [0.1, 0.15) is 5.75 Å². The van der Waals surface area contributed by atoms with E-state index >= 15 is 0 Å². The Labute approximate surface area is 155 Å². The van der Waals surface area contributed by atoms with Crippen LogP contribution in [0, 0.1) is 5.41 Å². The van der Waals surface area contributed by atoms with Crippen LogP contribution in [-0.4, -0.2) is 40.6 Å². The summed E-state index contributed by atoms with van der Waals surface area (Å²) in [7, 11) is -2.35. The van der Waals surface area contributed by atoms with Gasteiger partial charge < -0.3 is 15.8 Å². The molecule has 4 N–H and O–H groups in total. The molecular weight excluding hydrogens is 366 g/mol. The van der Waals surface area contributed by atoms with Crippen LogP contribution in [-0.2, 0) is 10.0 Å². The smallest absolute Gasteiger partial charge is 0.252 e. The number of hydrogen-bond acceptors (Lipinski definition) is 5. The number of primary amides is 1. The molecule has 1 aliphatic rings. The summed E-state index contributed by atoms with van der Waals surface area (Å²) in [6, 6.07) is 4.11. The quantitative estimate of drug-likeness (QED) is 0.676. The first-order chi connectivity index (χ1) is 11.2. The number of rotatable bonds is 6. The molecule has 0 aliphatic carbocycles. The predicted molar refractivity (Wildman–Crippen MR) is 98.8 cm³/mol. The van der Waals surface area contributed by atoms with Crippen molar-refractivity contribution < 1.29 is 17.9 Å². The zero-order valence-electron chi connectivity index (χ0n) is 14.7. The van der Waals surface area contributed by atoms with Crippen molar-refractivity contribution in [3.05, 3.63) is 23.8 Å². The third kappa shape index (κ3) is 5.07. The number of halogens is 1. The molecule has 1 aliphatic heterocycles. The third-order valence-electron chi connectivity index (χ3n) is 4.56. The van der Waals surface area contributed by atoms with Gasteiger partial charge in [-0.05, 0) is 43.0 Å². The molecule has 25 heavy (non-hydrogen) atoms. The van der Waals surface area contributed by atoms with E-state index in [4.69, 9.17) is 10.5 Å². The maximum atomic E-state index is 12.5. The molecule has 2 rings (SSSR count). The highest BCUT2D eigenvalue weighted by Gasteiger charge is 2.32. The van der Waals surface area contributed by atoms with E-state index in [0.717, 1.165) is 19.4 Å². The van der Waals surface area contributed by atoms with Crippen molar-refractivity contribution in [1.82, 2.24) is 10.0 Å². The zero-order valence-corrected chi connectivity index (χ0v) is 16.3. The minimum absolute atomic E-state index is 0. The van der Waals surface area contributed by atoms with E-state index in [1.807, 2.05) is 0 Å². The fraction of sp³-hybridized carbons (Fsp3) is 0.562. The molecule has 0 saturated carbocycles. The summed E-state index contributed by atoms with van der Waals surface area (Å²) in [5.41, 5.74) is 5.34. The normalized spacial score (nSPS) is 19.7. The lowest BCUT2D eigenvalue weighted by atomic mass is 9.78. The minimum Gasteiger partial charge on any atom is -0.496 e. The van der Waals surface area contributed by atoms with E-state index in [-0.39, 0.29) is 46.6 Å². The lowest BCUT2D eigenvalue weighted by Gasteiger charge is -2.39. The molecule has 1 fully saturated rings. The molecule has 9 heteroatoms. The minimum atomic E-state index is -3.74. The largest absolute Gasteiger partial charge is 0.496 e. The molecule has 142 valence electrons. The van der Waals surface area contributed by atoms with Crippen LogP contribution in [0.2, 0.25) is 0 Å². The Morgan fingerprint density at radius 1 is 1.44 bits per heavy atom. The maximum absolute atomic E-state index is 12.5. The van der Waals surface area contributed by atoms with Crippen molar-refractivity contribution in [2.24, 2.45) is 11.1 Å². The number of carbonyl (C=O) groups is 1. The summed E-state index contributed by atoms with van der Waals surface area (Å²) >= 11 is 0. The van der Waals surface area contributed by atoms with Crippen LogP contribution in [0.3, 0.4) is 0 Å². The Kier molecular flexibility index (Phi) is 7.25. The zero-order chi connectivity index (χ0) is 18.0. The summed E-state index contributed by atoms with van der Waals surface area (Å²) in [4.78, 5) is 11.5. The van der Waals surface area contributed by atoms with E-state index < -0.39 is 15.9 Å². The lowest BCUT2D eigenvalue weighted by molar-refractivity contribution is 0.0997. The van der Waals surface area contributed by atoms with Crippen LogP contribution in [0.15, 0.2) is 23.1 Å². The van der Waals surface area contributed by atoms with Gasteiger partial charge in [0.15, 0.2) is 0 Å². The van der Waals surface area contributed by atoms with Crippen molar-refractivity contribution >= 4 is 28.3 Å². The topological polar surface area (TPSA) is 111 Å². The van der Waals surface area contributed by atoms with E-state index in [2.05, 4.69) is 23.9 Å². The summed E-state index contributed by atoms with van der Waals surface area (Å²) in [5, 5.41) is 3.36. The van der Waals surface area contributed by atoms with Crippen LogP contribution in [0.25, 0.3) is 0 Å². The van der Waals surface area contributed by atoms with Gasteiger partial charge in [-0.1, -0.05) is 13.8 Å². The maximum Gasteiger partial charge on any atom is 0.252 e. The summed E-state index contributed by atoms with van der Waals surface area (Å²) in [6.07, 6.45) is 2.12. The fourth-order valence-corrected chi connectivity index (χ4v) is 4.02. The lowest BCUT2D eigenvalue weighted by Crippen LogP contribution is -2.52. The number of nitrogens with one attached hydrogen (secondary N) is 2. The molecule has 1 saturated heterocycles. The highest BCUT2D eigenvalue weighted by molar-refractivity contribution is 7.89. The van der Waals surface area contributed by atoms with Crippen molar-refractivity contribution in [3.8, 4) is 5.75 Å². The van der Waals surface area contributed by atoms with E-state index in [0.29, 0.717) is 0 Å². The van der Waals surface area contributed by atoms with Crippen LogP contribution in [0.5, 0.6) is 5.75 Å². The van der Waals surface area contributed by atoms with Crippen molar-refractivity contribution in [1.29, 1.82) is 0 Å². The molecular formula is C16H26ClN3O4S. The SMILES string of the molecule is COc1ccc(S(=O)(=O)NCC2NCCCC2(C)C)cc1C(N)=O.Cl. The Balaban J connectivity index is 0.00000312. The summed E-state index contributed by atoms with van der Waals surface area (Å²) in [5.74, 6) is -0.490. The van der Waals surface area contributed by atoms with Crippen LogP contribution < -0.4 is 20.5 Å². The van der Waals surface area contributed by atoms with Gasteiger partial charge in [0.25, 0.3) is 5.91 Å². The average Bonchev–Trinajstić information content (AvgIpc) is 2.52. The highest BCUT2D eigenvalue weighted by atomic mass is 35.5. The van der Waals surface area contributed by atoms with Gasteiger partial charge in [0.05, 0.1) is 17.6 Å². The van der Waals surface area contributed by atoms with Crippen LogP contribution >= 0.6 is 12.4 Å². The molecule has 7 nitrogen and oxygen atoms in total. The Hall–Kier alpha value is -1.35. The monoisotopic (exact) mass is 391 g/mol. The number of nitrogens with two attached hydrogens (primary N) is 1. The second-order valence-electron chi connectivity index (χ2n) is 6.68. The second kappa shape index (κ2) is 8.35. The fourth-order valence-electron chi connectivity index (χ4n) is 2.94. The highest BCUT2D eigenvalue weighted by Crippen LogP contribution is 2.30. The van der Waals surface area contributed by atoms with Gasteiger partial charge in [0, 0.05) is 12.6 Å². The number of hydrogen-bond donors (Lipinski definition) is 3. The van der Waals surface area contributed by atoms with E-state index in [9.17, 15) is 13.2 Å². The van der Waals surface area contributed by atoms with E-state index in [1.165, 1.54) is 25.3 Å². The van der Waals surface area contributed by atoms with Crippen molar-refractivity contribution in [3.63, 3.8) is 0 Å². The molecule has 1 unspecified atom stereocenters. The molecule has 0 radical (unpaired) electrons. The van der Waals surface area contributed by atoms with Gasteiger partial charge in [-0.25, -0.2) is 13.1 Å². The van der Waals surface area contributed by atoms with Gasteiger partial charge in [-0.2, -0.15) is 0 Å². The van der Waals surface area contributed by atoms with Crippen molar-refractivity contribution in [2.45, 2.75) is 37.6 Å². The molecule has 1 aromatic rings. The average molecular weight is 392 g/mol. The van der Waals surface area contributed by atoms with Gasteiger partial charge >= 0.3 is 0 Å². The summed E-state index contributed by atoms with van der Waals surface area (Å²) in [6.45, 7) is 5.41. The number of methoxy groups -OCH3 is 1. The number of piperidine rings is 1. The first-order valence-electron chi connectivity index (χ1n) is 7.88. The molecule has 0 bridgehead atoms. The number of ether oxygens (including phenoxy) is 1. The first-order valence-corrected chi connectivity index (χ1v) is 9.36. The summed E-state index contributed by atoms with van der Waals surface area (Å²) < 4.78 is 32.7. The predicted octanol–water partition coefficient (Wildman–Crippen LogP) is 1.27. The first kappa shape index (κ1) is 21.7. The van der Waals surface area contributed by atoms with Crippen LogP contribution in [0.1, 0.15) is 37.0 Å². The standard InChI is InChI=1S/C16H25N3O4S.ClH/c1-16(2)7-4-8-18-14(16)10-19-24(21,22)11-5-6-13(23-3)12(9-11)15(17)20;/h5-6,9,14,18-19H,4,7-8,10H2,1-3H3,(H2,17,20);1H. The third-order valence-corrected chi connectivity index (χ3v) is 5.98. The van der Waals surface area contributed by atoms with Gasteiger partial charge in [-0.15, -0.1) is 12.4 Å². The Morgan fingerprint density at radius 2 is 2.12 bits per heavy atom. The molecule has 0 aromatic heterocycles. The molecule has 1 amide bonds. The molecule has 1 heterocycles. The van der Waals surface area contributed by atoms with Gasteiger partial charge in [0.2, 0.25) is 10.0 Å². The Bertz CT molecular complexity index is 722. The van der Waals surface area contributed by atoms with Crippen LogP contribution in [0.4, 0.5) is 0 Å². The molecule has 1 aromatic carbocycles. The number of sulfonamides is 1.